The van der Waals surface area contributed by atoms with Crippen molar-refractivity contribution >= 4 is 59.9 Å². The molecule has 0 saturated heterocycles. The summed E-state index contributed by atoms with van der Waals surface area (Å²) >= 11 is 7.68. The summed E-state index contributed by atoms with van der Waals surface area (Å²) in [5.74, 6) is 0. The molecule has 3 heteroatoms. The van der Waals surface area contributed by atoms with E-state index >= 15 is 0 Å². The molecule has 2 rings (SSSR count). The fourth-order valence-corrected chi connectivity index (χ4v) is 3.44. The average Bonchev–Trinajstić information content (AvgIpc) is 2.31. The number of hydrogen-bond acceptors (Lipinski definition) is 1. The Morgan fingerprint density at radius 1 is 1.36 bits per heavy atom. The van der Waals surface area contributed by atoms with Gasteiger partial charge >= 0.3 is 0 Å². The van der Waals surface area contributed by atoms with Gasteiger partial charge in [0.25, 0.3) is 0 Å². The van der Waals surface area contributed by atoms with Crippen molar-refractivity contribution < 1.29 is 0 Å². The first-order valence-electron chi connectivity index (χ1n) is 3.11. The zero-order valence-corrected chi connectivity index (χ0v) is 10.0. The number of fused-ring (bicyclic) bond motifs is 1. The SMILES string of the molecule is Brc1cccc2sc(I)cc12. The van der Waals surface area contributed by atoms with Gasteiger partial charge in [0.15, 0.2) is 0 Å². The van der Waals surface area contributed by atoms with E-state index in [-0.39, 0.29) is 0 Å². The van der Waals surface area contributed by atoms with Gasteiger partial charge in [-0.2, -0.15) is 0 Å². The van der Waals surface area contributed by atoms with E-state index in [1.165, 1.54) is 17.4 Å². The van der Waals surface area contributed by atoms with Crippen LogP contribution in [0.5, 0.6) is 0 Å². The largest absolute Gasteiger partial charge is 0.129 e. The molecule has 0 saturated carbocycles. The lowest BCUT2D eigenvalue weighted by Crippen LogP contribution is -1.63. The van der Waals surface area contributed by atoms with Crippen LogP contribution in [-0.4, -0.2) is 0 Å². The van der Waals surface area contributed by atoms with Crippen molar-refractivity contribution in [3.63, 3.8) is 0 Å². The molecule has 2 aromatic rings. The summed E-state index contributed by atoms with van der Waals surface area (Å²) in [4.78, 5) is 0. The van der Waals surface area contributed by atoms with Crippen molar-refractivity contribution in [2.45, 2.75) is 0 Å². The molecular weight excluding hydrogens is 335 g/mol. The number of thiophene rings is 1. The number of benzene rings is 1. The molecular formula is C8H4BrIS. The van der Waals surface area contributed by atoms with Crippen LogP contribution in [-0.2, 0) is 0 Å². The van der Waals surface area contributed by atoms with Crippen LogP contribution < -0.4 is 0 Å². The maximum absolute atomic E-state index is 3.51. The van der Waals surface area contributed by atoms with E-state index in [0.29, 0.717) is 0 Å². The van der Waals surface area contributed by atoms with E-state index in [1.54, 1.807) is 0 Å². The topological polar surface area (TPSA) is 0 Å². The second kappa shape index (κ2) is 3.03. The average molecular weight is 339 g/mol. The predicted octanol–water partition coefficient (Wildman–Crippen LogP) is 4.27. The molecule has 1 aromatic carbocycles. The Labute approximate surface area is 90.9 Å². The zero-order chi connectivity index (χ0) is 7.84. The van der Waals surface area contributed by atoms with Crippen molar-refractivity contribution in [1.29, 1.82) is 0 Å². The van der Waals surface area contributed by atoms with Gasteiger partial charge in [0, 0.05) is 14.6 Å². The molecule has 1 aromatic heterocycles. The lowest BCUT2D eigenvalue weighted by Gasteiger charge is -1.89. The summed E-state index contributed by atoms with van der Waals surface area (Å²) < 4.78 is 3.88. The highest BCUT2D eigenvalue weighted by Crippen LogP contribution is 2.31. The first-order valence-corrected chi connectivity index (χ1v) is 5.80. The summed E-state index contributed by atoms with van der Waals surface area (Å²) in [5.41, 5.74) is 0. The smallest absolute Gasteiger partial charge is 0.0666 e. The third-order valence-corrected chi connectivity index (χ3v) is 4.03. The van der Waals surface area contributed by atoms with E-state index < -0.39 is 0 Å². The van der Waals surface area contributed by atoms with Gasteiger partial charge < -0.3 is 0 Å². The summed E-state index contributed by atoms with van der Waals surface area (Å²) in [6, 6.07) is 8.49. The van der Waals surface area contributed by atoms with Crippen LogP contribution in [0.15, 0.2) is 28.7 Å². The molecule has 56 valence electrons. The molecule has 0 amide bonds. The van der Waals surface area contributed by atoms with E-state index in [0.717, 1.165) is 0 Å². The maximum atomic E-state index is 3.51. The molecule has 0 bridgehead atoms. The molecule has 0 nitrogen and oxygen atoms in total. The molecule has 0 aliphatic heterocycles. The highest BCUT2D eigenvalue weighted by Gasteiger charge is 2.00. The van der Waals surface area contributed by atoms with Crippen molar-refractivity contribution in [1.82, 2.24) is 0 Å². The van der Waals surface area contributed by atoms with E-state index in [2.05, 4.69) is 62.8 Å². The lowest BCUT2D eigenvalue weighted by molar-refractivity contribution is 1.78. The Bertz CT molecular complexity index is 394. The first kappa shape index (κ1) is 8.01. The van der Waals surface area contributed by atoms with E-state index in [4.69, 9.17) is 0 Å². The van der Waals surface area contributed by atoms with Crippen molar-refractivity contribution in [3.8, 4) is 0 Å². The second-order valence-electron chi connectivity index (χ2n) is 2.20. The highest BCUT2D eigenvalue weighted by atomic mass is 127. The Balaban J connectivity index is 2.90. The quantitative estimate of drug-likeness (QED) is 0.629. The molecule has 0 unspecified atom stereocenters. The Hall–Kier alpha value is 0.390. The molecule has 0 aliphatic carbocycles. The molecule has 0 radical (unpaired) electrons. The predicted molar refractivity (Wildman–Crippen MR) is 62.2 cm³/mol. The third-order valence-electron chi connectivity index (χ3n) is 1.48. The standard InChI is InChI=1S/C8H4BrIS/c9-6-2-1-3-7-5(6)4-8(10)11-7/h1-4H. The Morgan fingerprint density at radius 3 is 2.91 bits per heavy atom. The van der Waals surface area contributed by atoms with Gasteiger partial charge in [-0.3, -0.25) is 0 Å². The number of rotatable bonds is 0. The molecule has 0 spiro atoms. The minimum atomic E-state index is 1.19. The van der Waals surface area contributed by atoms with Gasteiger partial charge in [0.05, 0.1) is 2.88 Å². The minimum absolute atomic E-state index is 1.19. The molecule has 0 atom stereocenters. The van der Waals surface area contributed by atoms with Gasteiger partial charge in [-0.1, -0.05) is 22.0 Å². The summed E-state index contributed by atoms with van der Waals surface area (Å²) in [7, 11) is 0. The molecule has 0 aliphatic rings. The maximum Gasteiger partial charge on any atom is 0.0666 e. The van der Waals surface area contributed by atoms with Crippen LogP contribution >= 0.6 is 49.9 Å². The van der Waals surface area contributed by atoms with Crippen LogP contribution in [0, 0.1) is 2.88 Å². The summed E-state index contributed by atoms with van der Waals surface area (Å²) in [6.45, 7) is 0. The van der Waals surface area contributed by atoms with Gasteiger partial charge in [0.2, 0.25) is 0 Å². The monoisotopic (exact) mass is 338 g/mol. The van der Waals surface area contributed by atoms with Crippen LogP contribution in [0.4, 0.5) is 0 Å². The second-order valence-corrected chi connectivity index (χ2v) is 6.03. The van der Waals surface area contributed by atoms with E-state index in [1.807, 2.05) is 11.3 Å². The third kappa shape index (κ3) is 1.46. The minimum Gasteiger partial charge on any atom is -0.129 e. The summed E-state index contributed by atoms with van der Waals surface area (Å²) in [5, 5.41) is 1.32. The lowest BCUT2D eigenvalue weighted by atomic mass is 10.3. The molecule has 1 heterocycles. The van der Waals surface area contributed by atoms with Crippen molar-refractivity contribution in [3.05, 3.63) is 31.6 Å². The van der Waals surface area contributed by atoms with Crippen LogP contribution in [0.3, 0.4) is 0 Å². The van der Waals surface area contributed by atoms with Crippen LogP contribution in [0.25, 0.3) is 10.1 Å². The molecule has 0 N–H and O–H groups in total. The first-order chi connectivity index (χ1) is 5.27. The van der Waals surface area contributed by atoms with Gasteiger partial charge in [0.1, 0.15) is 0 Å². The highest BCUT2D eigenvalue weighted by molar-refractivity contribution is 14.1. The van der Waals surface area contributed by atoms with Gasteiger partial charge in [-0.25, -0.2) is 0 Å². The van der Waals surface area contributed by atoms with Crippen molar-refractivity contribution in [2.24, 2.45) is 0 Å². The number of halogens is 2. The molecule has 0 fully saturated rings. The fraction of sp³-hybridized carbons (Fsp3) is 0. The van der Waals surface area contributed by atoms with Gasteiger partial charge in [-0.15, -0.1) is 11.3 Å². The Morgan fingerprint density at radius 2 is 2.18 bits per heavy atom. The normalized spacial score (nSPS) is 10.7. The number of hydrogen-bond donors (Lipinski definition) is 0. The van der Waals surface area contributed by atoms with Crippen molar-refractivity contribution in [2.75, 3.05) is 0 Å². The van der Waals surface area contributed by atoms with E-state index in [9.17, 15) is 0 Å². The molecule has 11 heavy (non-hydrogen) atoms. The Kier molecular flexibility index (Phi) is 2.21. The zero-order valence-electron chi connectivity index (χ0n) is 5.47. The van der Waals surface area contributed by atoms with Gasteiger partial charge in [-0.05, 0) is 40.8 Å². The van der Waals surface area contributed by atoms with Crippen LogP contribution in [0.2, 0.25) is 0 Å². The summed E-state index contributed by atoms with van der Waals surface area (Å²) in [6.07, 6.45) is 0. The fourth-order valence-electron chi connectivity index (χ4n) is 0.994. The van der Waals surface area contributed by atoms with Crippen LogP contribution in [0.1, 0.15) is 0 Å².